The zero-order valence-electron chi connectivity index (χ0n) is 11.1. The van der Waals surface area contributed by atoms with Gasteiger partial charge in [0.15, 0.2) is 0 Å². The third kappa shape index (κ3) is 4.14. The van der Waals surface area contributed by atoms with Crippen molar-refractivity contribution in [3.05, 3.63) is 23.8 Å². The summed E-state index contributed by atoms with van der Waals surface area (Å²) >= 11 is 0. The van der Waals surface area contributed by atoms with Crippen LogP contribution in [0.25, 0.3) is 0 Å². The minimum Gasteiger partial charge on any atom is -0.290 e. The summed E-state index contributed by atoms with van der Waals surface area (Å²) in [6.45, 7) is 2.23. The van der Waals surface area contributed by atoms with Crippen molar-refractivity contribution < 1.29 is 0 Å². The fourth-order valence-corrected chi connectivity index (χ4v) is 2.79. The van der Waals surface area contributed by atoms with Crippen LogP contribution in [0.2, 0.25) is 0 Å². The first-order valence-electron chi connectivity index (χ1n) is 7.29. The Morgan fingerprint density at radius 3 is 2.82 bits per heavy atom. The Hall–Kier alpha value is -0.850. The standard InChI is InChI=1S/C16H25N/c1-2-14-8-6-12-16(13-7-9-14)17-15-10-4-3-5-11-15/h6,8-9,15H,2-5,7,10-13H2,1H3. The maximum absolute atomic E-state index is 4.98. The summed E-state index contributed by atoms with van der Waals surface area (Å²) in [5.74, 6) is 0. The summed E-state index contributed by atoms with van der Waals surface area (Å²) in [5.41, 5.74) is 2.92. The molecule has 0 N–H and O–H groups in total. The lowest BCUT2D eigenvalue weighted by atomic mass is 9.95. The zero-order chi connectivity index (χ0) is 11.9. The van der Waals surface area contributed by atoms with Crippen LogP contribution >= 0.6 is 0 Å². The maximum Gasteiger partial charge on any atom is 0.0499 e. The van der Waals surface area contributed by atoms with Crippen molar-refractivity contribution in [2.45, 2.75) is 70.8 Å². The minimum absolute atomic E-state index is 0.640. The average Bonchev–Trinajstić information content (AvgIpc) is 2.34. The van der Waals surface area contributed by atoms with Gasteiger partial charge in [0.1, 0.15) is 0 Å². The summed E-state index contributed by atoms with van der Waals surface area (Å²) < 4.78 is 0. The highest BCUT2D eigenvalue weighted by Gasteiger charge is 2.12. The van der Waals surface area contributed by atoms with Crippen molar-refractivity contribution in [3.63, 3.8) is 0 Å². The van der Waals surface area contributed by atoms with Gasteiger partial charge in [0.25, 0.3) is 0 Å². The number of nitrogens with zero attached hydrogens (tertiary/aromatic N) is 1. The highest BCUT2D eigenvalue weighted by atomic mass is 14.8. The number of allylic oxidation sites excluding steroid dienone is 4. The normalized spacial score (nSPS) is 25.5. The molecule has 0 atom stereocenters. The van der Waals surface area contributed by atoms with Crippen LogP contribution in [-0.4, -0.2) is 11.8 Å². The first-order valence-corrected chi connectivity index (χ1v) is 7.29. The minimum atomic E-state index is 0.640. The van der Waals surface area contributed by atoms with E-state index in [1.807, 2.05) is 0 Å². The molecule has 0 radical (unpaired) electrons. The summed E-state index contributed by atoms with van der Waals surface area (Å²) in [6, 6.07) is 0.640. The fraction of sp³-hybridized carbons (Fsp3) is 0.688. The van der Waals surface area contributed by atoms with Gasteiger partial charge >= 0.3 is 0 Å². The maximum atomic E-state index is 4.98. The van der Waals surface area contributed by atoms with Crippen molar-refractivity contribution in [1.29, 1.82) is 0 Å². The lowest BCUT2D eigenvalue weighted by molar-refractivity contribution is 0.442. The highest BCUT2D eigenvalue weighted by Crippen LogP contribution is 2.22. The topological polar surface area (TPSA) is 12.4 Å². The molecule has 1 heteroatoms. The summed E-state index contributed by atoms with van der Waals surface area (Å²) in [6.07, 6.45) is 18.4. The van der Waals surface area contributed by atoms with Crippen LogP contribution < -0.4 is 0 Å². The molecule has 1 nitrogen and oxygen atoms in total. The van der Waals surface area contributed by atoms with Crippen LogP contribution in [0.5, 0.6) is 0 Å². The van der Waals surface area contributed by atoms with E-state index in [1.54, 1.807) is 0 Å². The number of aliphatic imine (C=N–C) groups is 1. The van der Waals surface area contributed by atoms with Gasteiger partial charge < -0.3 is 0 Å². The number of hydrogen-bond donors (Lipinski definition) is 0. The Balaban J connectivity index is 1.92. The fourth-order valence-electron chi connectivity index (χ4n) is 2.79. The van der Waals surface area contributed by atoms with Crippen molar-refractivity contribution in [2.75, 3.05) is 0 Å². The molecule has 2 rings (SSSR count). The van der Waals surface area contributed by atoms with Gasteiger partial charge in [-0.05, 0) is 32.1 Å². The van der Waals surface area contributed by atoms with Gasteiger partial charge in [0.2, 0.25) is 0 Å². The molecule has 0 unspecified atom stereocenters. The molecule has 1 saturated carbocycles. The molecule has 94 valence electrons. The van der Waals surface area contributed by atoms with Gasteiger partial charge in [-0.2, -0.15) is 0 Å². The van der Waals surface area contributed by atoms with E-state index < -0.39 is 0 Å². The molecule has 0 heterocycles. The van der Waals surface area contributed by atoms with E-state index in [1.165, 1.54) is 56.2 Å². The van der Waals surface area contributed by atoms with Gasteiger partial charge in [-0.15, -0.1) is 0 Å². The molecule has 2 aliphatic carbocycles. The molecule has 0 aromatic rings. The largest absolute Gasteiger partial charge is 0.290 e. The van der Waals surface area contributed by atoms with Crippen LogP contribution in [0.4, 0.5) is 0 Å². The first-order chi connectivity index (χ1) is 8.38. The van der Waals surface area contributed by atoms with E-state index in [4.69, 9.17) is 4.99 Å². The van der Waals surface area contributed by atoms with E-state index >= 15 is 0 Å². The van der Waals surface area contributed by atoms with Crippen molar-refractivity contribution in [3.8, 4) is 0 Å². The molecule has 0 spiro atoms. The average molecular weight is 231 g/mol. The predicted molar refractivity (Wildman–Crippen MR) is 75.7 cm³/mol. The van der Waals surface area contributed by atoms with E-state index in [-0.39, 0.29) is 0 Å². The Morgan fingerprint density at radius 1 is 1.24 bits per heavy atom. The second kappa shape index (κ2) is 6.78. The van der Waals surface area contributed by atoms with E-state index in [0.717, 1.165) is 12.8 Å². The molecule has 0 amide bonds. The third-order valence-electron chi connectivity index (χ3n) is 3.87. The van der Waals surface area contributed by atoms with Gasteiger partial charge in [-0.3, -0.25) is 4.99 Å². The molecule has 0 aliphatic heterocycles. The summed E-state index contributed by atoms with van der Waals surface area (Å²) in [5, 5.41) is 0. The van der Waals surface area contributed by atoms with Crippen LogP contribution in [0.1, 0.15) is 64.7 Å². The molecule has 2 aliphatic rings. The summed E-state index contributed by atoms with van der Waals surface area (Å²) in [4.78, 5) is 4.98. The van der Waals surface area contributed by atoms with Crippen LogP contribution in [0, 0.1) is 0 Å². The molecule has 0 saturated heterocycles. The SMILES string of the molecule is CCC1=CCCC(=NC2CCCCC2)CC=C1. The molecule has 0 bridgehead atoms. The summed E-state index contributed by atoms with van der Waals surface area (Å²) in [7, 11) is 0. The molecule has 17 heavy (non-hydrogen) atoms. The lowest BCUT2D eigenvalue weighted by Gasteiger charge is -2.19. The van der Waals surface area contributed by atoms with E-state index in [2.05, 4.69) is 25.2 Å². The van der Waals surface area contributed by atoms with Crippen LogP contribution in [-0.2, 0) is 0 Å². The zero-order valence-corrected chi connectivity index (χ0v) is 11.1. The highest BCUT2D eigenvalue weighted by molar-refractivity contribution is 5.86. The third-order valence-corrected chi connectivity index (χ3v) is 3.87. The first kappa shape index (κ1) is 12.6. The molecule has 0 aromatic heterocycles. The van der Waals surface area contributed by atoms with Crippen LogP contribution in [0.15, 0.2) is 28.8 Å². The Kier molecular flexibility index (Phi) is 5.03. The Labute approximate surface area is 106 Å². The van der Waals surface area contributed by atoms with Crippen molar-refractivity contribution in [2.24, 2.45) is 4.99 Å². The molecule has 1 fully saturated rings. The Bertz CT molecular complexity index is 316. The number of rotatable bonds is 2. The lowest BCUT2D eigenvalue weighted by Crippen LogP contribution is -2.13. The number of hydrogen-bond acceptors (Lipinski definition) is 1. The second-order valence-electron chi connectivity index (χ2n) is 5.26. The van der Waals surface area contributed by atoms with E-state index in [9.17, 15) is 0 Å². The quantitative estimate of drug-likeness (QED) is 0.645. The predicted octanol–water partition coefficient (Wildman–Crippen LogP) is 4.84. The van der Waals surface area contributed by atoms with Crippen LogP contribution in [0.3, 0.4) is 0 Å². The van der Waals surface area contributed by atoms with Gasteiger partial charge in [0.05, 0.1) is 0 Å². The molecular formula is C16H25N. The monoisotopic (exact) mass is 231 g/mol. The van der Waals surface area contributed by atoms with E-state index in [0.29, 0.717) is 6.04 Å². The molecule has 0 aromatic carbocycles. The molecular weight excluding hydrogens is 206 g/mol. The second-order valence-corrected chi connectivity index (χ2v) is 5.26. The van der Waals surface area contributed by atoms with Gasteiger partial charge in [-0.1, -0.05) is 50.0 Å². The van der Waals surface area contributed by atoms with Gasteiger partial charge in [0, 0.05) is 18.2 Å². The Morgan fingerprint density at radius 2 is 2.06 bits per heavy atom. The smallest absolute Gasteiger partial charge is 0.0499 e. The van der Waals surface area contributed by atoms with Crippen molar-refractivity contribution >= 4 is 5.71 Å². The van der Waals surface area contributed by atoms with Crippen molar-refractivity contribution in [1.82, 2.24) is 0 Å². The van der Waals surface area contributed by atoms with Gasteiger partial charge in [-0.25, -0.2) is 0 Å².